The van der Waals surface area contributed by atoms with Crippen molar-refractivity contribution < 1.29 is 28.9 Å². The number of pyridine rings is 1. The zero-order chi connectivity index (χ0) is 42.2. The molecule has 3 heterocycles. The minimum Gasteiger partial charge on any atom is -0.493 e. The van der Waals surface area contributed by atoms with Crippen molar-refractivity contribution in [3.05, 3.63) is 174 Å². The van der Waals surface area contributed by atoms with Gasteiger partial charge in [0.2, 0.25) is 5.91 Å². The molecule has 0 spiro atoms. The number of tetrazole rings is 1. The van der Waals surface area contributed by atoms with E-state index in [1.807, 2.05) is 115 Å². The highest BCUT2D eigenvalue weighted by Crippen LogP contribution is 2.26. The molecule has 61 heavy (non-hydrogen) atoms. The molecule has 2 N–H and O–H groups in total. The molecule has 13 nitrogen and oxygen atoms in total. The Kier molecular flexibility index (Phi) is 14.3. The Bertz CT molecular complexity index is 2640. The Morgan fingerprint density at radius 3 is 2.18 bits per heavy atom. The van der Waals surface area contributed by atoms with Crippen LogP contribution in [0.5, 0.6) is 17.2 Å². The van der Waals surface area contributed by atoms with Crippen molar-refractivity contribution in [2.24, 2.45) is 0 Å². The van der Waals surface area contributed by atoms with E-state index >= 15 is 0 Å². The highest BCUT2D eigenvalue weighted by molar-refractivity contribution is 5.96. The van der Waals surface area contributed by atoms with Crippen LogP contribution in [0, 0.1) is 0 Å². The van der Waals surface area contributed by atoms with Crippen LogP contribution in [0.1, 0.15) is 46.0 Å². The van der Waals surface area contributed by atoms with Gasteiger partial charge in [0.05, 0.1) is 17.8 Å². The van der Waals surface area contributed by atoms with Crippen molar-refractivity contribution in [1.29, 1.82) is 0 Å². The second kappa shape index (κ2) is 20.9. The number of H-pyrrole nitrogens is 1. The number of carboxylic acids is 1. The lowest BCUT2D eigenvalue weighted by molar-refractivity contribution is -0.130. The van der Waals surface area contributed by atoms with Gasteiger partial charge in [-0.3, -0.25) is 4.79 Å². The quantitative estimate of drug-likeness (QED) is 0.0807. The first-order valence-corrected chi connectivity index (χ1v) is 20.1. The molecule has 0 aliphatic heterocycles. The monoisotopic (exact) mass is 817 g/mol. The standard InChI is InChI=1S/C27H26N2O4.C21H21N5O2/c1-28(15-14-20-8-4-2-5-9-20)26(30)18-29-24-13-12-23(16-22(24)17-25(29)27(31)32)33-19-21-10-6-3-7-11-21;1-2-9-20-16(6-1)11-12-17(22-20)15-28-19-8-5-7-18(14-19)27-13-4-3-10-21-23-25-26-24-21/h2-13,16-17H,14-15,18-19H2,1H3,(H,31,32);1-2,5-9,11-12,14H,3-4,10,13,15H2,(H,23,24,25,26). The predicted octanol–water partition coefficient (Wildman–Crippen LogP) is 8.35. The van der Waals surface area contributed by atoms with Crippen molar-refractivity contribution in [3.63, 3.8) is 0 Å². The number of likely N-dealkylation sites (N-methyl/N-ethyl adjacent to an activating group) is 1. The number of aromatic nitrogens is 6. The first-order valence-electron chi connectivity index (χ1n) is 20.1. The van der Waals surface area contributed by atoms with E-state index in [9.17, 15) is 14.7 Å². The van der Waals surface area contributed by atoms with Gasteiger partial charge in [-0.05, 0) is 78.9 Å². The molecule has 0 saturated heterocycles. The molecule has 0 saturated carbocycles. The second-order valence-corrected chi connectivity index (χ2v) is 14.4. The fourth-order valence-electron chi connectivity index (χ4n) is 6.61. The number of nitrogens with zero attached hydrogens (tertiary/aromatic N) is 6. The summed E-state index contributed by atoms with van der Waals surface area (Å²) in [5, 5.41) is 25.4. The van der Waals surface area contributed by atoms with Crippen LogP contribution >= 0.6 is 0 Å². The Balaban J connectivity index is 0.000000186. The minimum atomic E-state index is -1.07. The third-order valence-electron chi connectivity index (χ3n) is 9.94. The molecule has 8 aromatic rings. The normalized spacial score (nSPS) is 10.8. The van der Waals surface area contributed by atoms with Crippen molar-refractivity contribution in [3.8, 4) is 17.2 Å². The first-order chi connectivity index (χ1) is 29.9. The van der Waals surface area contributed by atoms with Crippen LogP contribution in [0.25, 0.3) is 21.8 Å². The third kappa shape index (κ3) is 12.0. The van der Waals surface area contributed by atoms with E-state index < -0.39 is 5.97 Å². The maximum absolute atomic E-state index is 12.9. The summed E-state index contributed by atoms with van der Waals surface area (Å²) in [5.74, 6) is 1.72. The average molecular weight is 818 g/mol. The van der Waals surface area contributed by atoms with Gasteiger partial charge in [0.15, 0.2) is 5.82 Å². The number of amides is 1. The molecular formula is C48H47N7O6. The Hall–Kier alpha value is -7.54. The van der Waals surface area contributed by atoms with E-state index in [2.05, 4.69) is 37.7 Å². The molecule has 0 bridgehead atoms. The van der Waals surface area contributed by atoms with Gasteiger partial charge < -0.3 is 28.8 Å². The van der Waals surface area contributed by atoms with Crippen LogP contribution in [0.15, 0.2) is 146 Å². The maximum Gasteiger partial charge on any atom is 0.352 e. The van der Waals surface area contributed by atoms with Crippen LogP contribution < -0.4 is 14.2 Å². The Morgan fingerprint density at radius 2 is 1.41 bits per heavy atom. The van der Waals surface area contributed by atoms with Crippen LogP contribution in [-0.4, -0.2) is 72.3 Å². The highest BCUT2D eigenvalue weighted by atomic mass is 16.5. The molecule has 13 heteroatoms. The predicted molar refractivity (Wildman–Crippen MR) is 233 cm³/mol. The zero-order valence-electron chi connectivity index (χ0n) is 33.9. The van der Waals surface area contributed by atoms with E-state index in [0.29, 0.717) is 37.6 Å². The molecule has 5 aromatic carbocycles. The molecule has 3 aromatic heterocycles. The number of ether oxygens (including phenoxy) is 3. The van der Waals surface area contributed by atoms with Gasteiger partial charge >= 0.3 is 5.97 Å². The molecular weight excluding hydrogens is 771 g/mol. The summed E-state index contributed by atoms with van der Waals surface area (Å²) in [6, 6.07) is 46.6. The zero-order valence-corrected chi connectivity index (χ0v) is 33.9. The van der Waals surface area contributed by atoms with E-state index in [4.69, 9.17) is 14.2 Å². The summed E-state index contributed by atoms with van der Waals surface area (Å²) in [5.41, 5.74) is 4.83. The Labute approximate surface area is 353 Å². The lowest BCUT2D eigenvalue weighted by Crippen LogP contribution is -2.32. The lowest BCUT2D eigenvalue weighted by Gasteiger charge is -2.18. The number of aromatic carboxylic acids is 1. The molecule has 0 fully saturated rings. The number of hydrogen-bond donors (Lipinski definition) is 2. The number of carbonyl (C=O) groups excluding carboxylic acids is 1. The van der Waals surface area contributed by atoms with Crippen LogP contribution in [-0.2, 0) is 37.4 Å². The number of carboxylic acid groups (broad SMARTS) is 1. The van der Waals surface area contributed by atoms with Crippen LogP contribution in [0.4, 0.5) is 0 Å². The number of aromatic amines is 1. The van der Waals surface area contributed by atoms with Crippen LogP contribution in [0.3, 0.4) is 0 Å². The second-order valence-electron chi connectivity index (χ2n) is 14.4. The van der Waals surface area contributed by atoms with Crippen molar-refractivity contribution in [2.75, 3.05) is 20.2 Å². The fraction of sp³-hybridized carbons (Fsp3) is 0.208. The maximum atomic E-state index is 12.9. The molecule has 0 unspecified atom stereocenters. The van der Waals surface area contributed by atoms with Crippen molar-refractivity contribution >= 4 is 33.7 Å². The number of nitrogens with one attached hydrogen (secondary N) is 1. The smallest absolute Gasteiger partial charge is 0.352 e. The molecule has 1 amide bonds. The third-order valence-corrected chi connectivity index (χ3v) is 9.94. The van der Waals surface area contributed by atoms with Gasteiger partial charge in [-0.15, -0.1) is 10.2 Å². The molecule has 0 aliphatic rings. The minimum absolute atomic E-state index is 0.0410. The van der Waals surface area contributed by atoms with E-state index in [-0.39, 0.29) is 18.1 Å². The molecule has 0 atom stereocenters. The number of unbranched alkanes of at least 4 members (excludes halogenated alkanes) is 1. The number of hydrogen-bond acceptors (Lipinski definition) is 9. The van der Waals surface area contributed by atoms with Gasteiger partial charge in [-0.2, -0.15) is 5.21 Å². The van der Waals surface area contributed by atoms with Gasteiger partial charge in [-0.25, -0.2) is 9.78 Å². The van der Waals surface area contributed by atoms with E-state index in [0.717, 1.165) is 76.1 Å². The molecule has 8 rings (SSSR count). The summed E-state index contributed by atoms with van der Waals surface area (Å²) in [6.45, 7) is 1.98. The number of carbonyl (C=O) groups is 2. The summed E-state index contributed by atoms with van der Waals surface area (Å²) in [6.07, 6.45) is 3.40. The first kappa shape index (κ1) is 41.6. The summed E-state index contributed by atoms with van der Waals surface area (Å²) in [4.78, 5) is 31.0. The van der Waals surface area contributed by atoms with Gasteiger partial charge in [0.25, 0.3) is 0 Å². The average Bonchev–Trinajstić information content (AvgIpc) is 3.96. The van der Waals surface area contributed by atoms with Crippen LogP contribution in [0.2, 0.25) is 0 Å². The SMILES string of the molecule is CN(CCc1ccccc1)C(=O)Cn1c(C(=O)O)cc2cc(OCc3ccccc3)ccc21.c1cc(OCCCCc2nn[nH]n2)cc(OCc2ccc3ccccc3n2)c1. The van der Waals surface area contributed by atoms with Crippen molar-refractivity contribution in [2.45, 2.75) is 45.4 Å². The van der Waals surface area contributed by atoms with Gasteiger partial charge in [-0.1, -0.05) is 96.2 Å². The fourth-order valence-corrected chi connectivity index (χ4v) is 6.61. The highest BCUT2D eigenvalue weighted by Gasteiger charge is 2.19. The van der Waals surface area contributed by atoms with E-state index in [1.165, 1.54) is 0 Å². The lowest BCUT2D eigenvalue weighted by atomic mass is 10.1. The molecule has 310 valence electrons. The number of para-hydroxylation sites is 1. The molecule has 0 aliphatic carbocycles. The summed E-state index contributed by atoms with van der Waals surface area (Å²) >= 11 is 0. The number of benzene rings is 5. The number of aryl methyl sites for hydroxylation is 1. The number of rotatable bonds is 18. The van der Waals surface area contributed by atoms with Gasteiger partial charge in [0.1, 0.15) is 42.7 Å². The Morgan fingerprint density at radius 1 is 0.689 bits per heavy atom. The van der Waals surface area contributed by atoms with Crippen molar-refractivity contribution in [1.82, 2.24) is 35.1 Å². The van der Waals surface area contributed by atoms with E-state index in [1.54, 1.807) is 34.7 Å². The molecule has 0 radical (unpaired) electrons. The van der Waals surface area contributed by atoms with Gasteiger partial charge in [0, 0.05) is 42.4 Å². The summed E-state index contributed by atoms with van der Waals surface area (Å²) in [7, 11) is 1.74. The topological polar surface area (TPSA) is 158 Å². The number of fused-ring (bicyclic) bond motifs is 2. The largest absolute Gasteiger partial charge is 0.493 e. The summed E-state index contributed by atoms with van der Waals surface area (Å²) < 4.78 is 19.1.